The maximum Gasteiger partial charge on any atom is 0.168 e. The second-order valence-corrected chi connectivity index (χ2v) is 3.44. The lowest BCUT2D eigenvalue weighted by atomic mass is 10.2. The van der Waals surface area contributed by atoms with Gasteiger partial charge in [-0.05, 0) is 36.3 Å². The average molecular weight is 243 g/mol. The Bertz CT molecular complexity index is 656. The number of carbonyl (C=O) groups is 1. The summed E-state index contributed by atoms with van der Waals surface area (Å²) in [6.07, 6.45) is 0.614. The van der Waals surface area contributed by atoms with Crippen molar-refractivity contribution in [2.24, 2.45) is 0 Å². The molecule has 18 heavy (non-hydrogen) atoms. The van der Waals surface area contributed by atoms with Crippen LogP contribution in [0, 0.1) is 23.5 Å². The van der Waals surface area contributed by atoms with E-state index in [1.807, 2.05) is 0 Å². The summed E-state index contributed by atoms with van der Waals surface area (Å²) in [7, 11) is 0. The van der Waals surface area contributed by atoms with Crippen molar-refractivity contribution in [3.63, 3.8) is 0 Å². The first-order valence-corrected chi connectivity index (χ1v) is 5.08. The van der Waals surface area contributed by atoms with Crippen molar-refractivity contribution in [2.45, 2.75) is 0 Å². The first-order valence-electron chi connectivity index (χ1n) is 5.08. The number of pyridine rings is 1. The van der Waals surface area contributed by atoms with Gasteiger partial charge in [0.1, 0.15) is 11.4 Å². The van der Waals surface area contributed by atoms with Crippen LogP contribution in [0.4, 0.5) is 8.78 Å². The molecule has 2 rings (SSSR count). The summed E-state index contributed by atoms with van der Waals surface area (Å²) in [4.78, 5) is 14.4. The van der Waals surface area contributed by atoms with Crippen LogP contribution in [-0.4, -0.2) is 11.3 Å². The monoisotopic (exact) mass is 243 g/mol. The van der Waals surface area contributed by atoms with E-state index in [2.05, 4.69) is 16.8 Å². The quantitative estimate of drug-likeness (QED) is 0.569. The third-order valence-corrected chi connectivity index (χ3v) is 2.15. The zero-order valence-corrected chi connectivity index (χ0v) is 9.15. The molecule has 0 radical (unpaired) electrons. The third kappa shape index (κ3) is 2.77. The SMILES string of the molecule is O=Cc1cccc(C#Cc2ccc(F)c(F)c2)n1. The van der Waals surface area contributed by atoms with Gasteiger partial charge in [0, 0.05) is 5.56 Å². The molecule has 4 heteroatoms. The highest BCUT2D eigenvalue weighted by Gasteiger charge is 2.00. The molecule has 0 spiro atoms. The number of benzene rings is 1. The van der Waals surface area contributed by atoms with Crippen LogP contribution < -0.4 is 0 Å². The van der Waals surface area contributed by atoms with Crippen LogP contribution in [-0.2, 0) is 0 Å². The molecule has 0 aliphatic rings. The summed E-state index contributed by atoms with van der Waals surface area (Å²) in [5.41, 5.74) is 1.00. The molecule has 0 N–H and O–H groups in total. The van der Waals surface area contributed by atoms with E-state index >= 15 is 0 Å². The predicted octanol–water partition coefficient (Wildman–Crippen LogP) is 2.57. The van der Waals surface area contributed by atoms with Gasteiger partial charge in [-0.25, -0.2) is 13.8 Å². The number of nitrogens with zero attached hydrogens (tertiary/aromatic N) is 1. The van der Waals surface area contributed by atoms with Gasteiger partial charge in [-0.2, -0.15) is 0 Å². The number of carbonyl (C=O) groups excluding carboxylic acids is 1. The third-order valence-electron chi connectivity index (χ3n) is 2.15. The van der Waals surface area contributed by atoms with E-state index in [1.54, 1.807) is 18.2 Å². The molecule has 88 valence electrons. The molecule has 0 fully saturated rings. The van der Waals surface area contributed by atoms with Gasteiger partial charge in [-0.3, -0.25) is 4.79 Å². The molecule has 2 aromatic rings. The fourth-order valence-electron chi connectivity index (χ4n) is 1.30. The van der Waals surface area contributed by atoms with Gasteiger partial charge in [-0.1, -0.05) is 12.0 Å². The number of rotatable bonds is 1. The van der Waals surface area contributed by atoms with Gasteiger partial charge in [0.15, 0.2) is 17.9 Å². The van der Waals surface area contributed by atoms with Crippen molar-refractivity contribution >= 4 is 6.29 Å². The topological polar surface area (TPSA) is 30.0 Å². The van der Waals surface area contributed by atoms with E-state index in [0.717, 1.165) is 12.1 Å². The van der Waals surface area contributed by atoms with Crippen LogP contribution in [0.3, 0.4) is 0 Å². The number of aldehydes is 1. The highest BCUT2D eigenvalue weighted by molar-refractivity contribution is 5.71. The first kappa shape index (κ1) is 11.9. The lowest BCUT2D eigenvalue weighted by molar-refractivity contribution is 0.111. The van der Waals surface area contributed by atoms with Gasteiger partial charge < -0.3 is 0 Å². The molecule has 1 aromatic heterocycles. The molecule has 2 nitrogen and oxygen atoms in total. The zero-order valence-electron chi connectivity index (χ0n) is 9.15. The number of hydrogen-bond donors (Lipinski definition) is 0. The predicted molar refractivity (Wildman–Crippen MR) is 62.0 cm³/mol. The van der Waals surface area contributed by atoms with Crippen LogP contribution in [0.1, 0.15) is 21.7 Å². The minimum Gasteiger partial charge on any atom is -0.296 e. The molecule has 1 heterocycles. The van der Waals surface area contributed by atoms with Crippen LogP contribution >= 0.6 is 0 Å². The van der Waals surface area contributed by atoms with Crippen molar-refractivity contribution < 1.29 is 13.6 Å². The molecule has 0 aliphatic heterocycles. The van der Waals surface area contributed by atoms with Crippen LogP contribution in [0.5, 0.6) is 0 Å². The van der Waals surface area contributed by atoms with Gasteiger partial charge in [-0.15, -0.1) is 0 Å². The molecule has 0 unspecified atom stereocenters. The molecule has 0 amide bonds. The number of aromatic nitrogens is 1. The van der Waals surface area contributed by atoms with E-state index in [-0.39, 0.29) is 5.69 Å². The van der Waals surface area contributed by atoms with Gasteiger partial charge in [0.25, 0.3) is 0 Å². The number of hydrogen-bond acceptors (Lipinski definition) is 2. The largest absolute Gasteiger partial charge is 0.296 e. The zero-order chi connectivity index (χ0) is 13.0. The molecule has 0 bridgehead atoms. The summed E-state index contributed by atoms with van der Waals surface area (Å²) in [6.45, 7) is 0. The normalized spacial score (nSPS) is 9.44. The second-order valence-electron chi connectivity index (χ2n) is 3.44. The van der Waals surface area contributed by atoms with E-state index in [0.29, 0.717) is 17.5 Å². The van der Waals surface area contributed by atoms with Crippen molar-refractivity contribution in [1.82, 2.24) is 4.98 Å². The Kier molecular flexibility index (Phi) is 3.44. The Balaban J connectivity index is 2.30. The van der Waals surface area contributed by atoms with Crippen molar-refractivity contribution in [1.29, 1.82) is 0 Å². The molecular formula is C14H7F2NO. The molecule has 1 aromatic carbocycles. The first-order chi connectivity index (χ1) is 8.69. The maximum atomic E-state index is 12.9. The minimum atomic E-state index is -0.948. The standard InChI is InChI=1S/C14H7F2NO/c15-13-7-5-10(8-14(13)16)4-6-11-2-1-3-12(9-18)17-11/h1-3,5,7-9H. The number of halogens is 2. The van der Waals surface area contributed by atoms with Gasteiger partial charge in [0.2, 0.25) is 0 Å². The van der Waals surface area contributed by atoms with Crippen molar-refractivity contribution in [3.8, 4) is 11.8 Å². The summed E-state index contributed by atoms with van der Waals surface area (Å²) >= 11 is 0. The van der Waals surface area contributed by atoms with Crippen molar-refractivity contribution in [2.75, 3.05) is 0 Å². The maximum absolute atomic E-state index is 12.9. The van der Waals surface area contributed by atoms with Gasteiger partial charge in [0.05, 0.1) is 0 Å². The highest BCUT2D eigenvalue weighted by atomic mass is 19.2. The summed E-state index contributed by atoms with van der Waals surface area (Å²) in [5, 5.41) is 0. The van der Waals surface area contributed by atoms with Crippen LogP contribution in [0.15, 0.2) is 36.4 Å². The van der Waals surface area contributed by atoms with E-state index in [4.69, 9.17) is 0 Å². The Labute approximate surface area is 102 Å². The van der Waals surface area contributed by atoms with E-state index in [9.17, 15) is 13.6 Å². The van der Waals surface area contributed by atoms with E-state index in [1.165, 1.54) is 6.07 Å². The van der Waals surface area contributed by atoms with Crippen LogP contribution in [0.2, 0.25) is 0 Å². The lowest BCUT2D eigenvalue weighted by Gasteiger charge is -1.93. The molecule has 0 saturated heterocycles. The highest BCUT2D eigenvalue weighted by Crippen LogP contribution is 2.07. The Morgan fingerprint density at radius 2 is 1.89 bits per heavy atom. The van der Waals surface area contributed by atoms with Crippen LogP contribution in [0.25, 0.3) is 0 Å². The summed E-state index contributed by atoms with van der Waals surface area (Å²) < 4.78 is 25.6. The van der Waals surface area contributed by atoms with Gasteiger partial charge >= 0.3 is 0 Å². The smallest absolute Gasteiger partial charge is 0.168 e. The Hall–Kier alpha value is -2.54. The lowest BCUT2D eigenvalue weighted by Crippen LogP contribution is -1.89. The fraction of sp³-hybridized carbons (Fsp3) is 0. The van der Waals surface area contributed by atoms with Crippen molar-refractivity contribution in [3.05, 3.63) is 65.0 Å². The fourth-order valence-corrected chi connectivity index (χ4v) is 1.30. The molecule has 0 aliphatic carbocycles. The summed E-state index contributed by atoms with van der Waals surface area (Å²) in [5.74, 6) is 3.46. The Morgan fingerprint density at radius 3 is 2.61 bits per heavy atom. The Morgan fingerprint density at radius 1 is 1.06 bits per heavy atom. The summed E-state index contributed by atoms with van der Waals surface area (Å²) in [6, 6.07) is 8.21. The molecule has 0 atom stereocenters. The minimum absolute atomic E-state index is 0.270. The molecular weight excluding hydrogens is 236 g/mol. The molecule has 0 saturated carbocycles. The second kappa shape index (κ2) is 5.19. The van der Waals surface area contributed by atoms with E-state index < -0.39 is 11.6 Å². The average Bonchev–Trinajstić information content (AvgIpc) is 2.40.